The third-order valence-electron chi connectivity index (χ3n) is 3.61. The zero-order valence-electron chi connectivity index (χ0n) is 12.5. The van der Waals surface area contributed by atoms with Gasteiger partial charge in [-0.25, -0.2) is 0 Å². The van der Waals surface area contributed by atoms with Crippen LogP contribution in [0.2, 0.25) is 0 Å². The molecule has 21 heavy (non-hydrogen) atoms. The molecule has 1 aromatic carbocycles. The van der Waals surface area contributed by atoms with E-state index < -0.39 is 0 Å². The fourth-order valence-electron chi connectivity index (χ4n) is 2.48. The summed E-state index contributed by atoms with van der Waals surface area (Å²) in [6, 6.07) is 7.66. The lowest BCUT2D eigenvalue weighted by molar-refractivity contribution is -0.116. The van der Waals surface area contributed by atoms with E-state index in [4.69, 9.17) is 4.74 Å². The minimum Gasteiger partial charge on any atom is -0.496 e. The minimum absolute atomic E-state index is 0.0482. The molecule has 0 unspecified atom stereocenters. The highest BCUT2D eigenvalue weighted by atomic mass is 32.2. The van der Waals surface area contributed by atoms with Crippen LogP contribution in [0.1, 0.15) is 31.2 Å². The van der Waals surface area contributed by atoms with Crippen LogP contribution in [-0.2, 0) is 4.79 Å². The summed E-state index contributed by atoms with van der Waals surface area (Å²) in [6.45, 7) is 0.732. The predicted molar refractivity (Wildman–Crippen MR) is 89.8 cm³/mol. The number of thioether (sulfide) groups is 1. The van der Waals surface area contributed by atoms with Crippen molar-refractivity contribution in [1.29, 1.82) is 0 Å². The first kappa shape index (κ1) is 16.0. The Kier molecular flexibility index (Phi) is 6.67. The number of hydrogen-bond acceptors (Lipinski definition) is 3. The van der Waals surface area contributed by atoms with Crippen LogP contribution in [0.3, 0.4) is 0 Å². The van der Waals surface area contributed by atoms with Crippen LogP contribution < -0.4 is 10.1 Å². The molecule has 1 amide bonds. The monoisotopic (exact) mass is 305 g/mol. The van der Waals surface area contributed by atoms with Crippen molar-refractivity contribution in [2.24, 2.45) is 0 Å². The van der Waals surface area contributed by atoms with Crippen LogP contribution in [0.5, 0.6) is 5.75 Å². The molecule has 1 aliphatic carbocycles. The first-order valence-corrected chi connectivity index (χ1v) is 8.55. The molecule has 1 fully saturated rings. The largest absolute Gasteiger partial charge is 0.496 e. The van der Waals surface area contributed by atoms with Crippen LogP contribution >= 0.6 is 11.8 Å². The van der Waals surface area contributed by atoms with Gasteiger partial charge in [-0.1, -0.05) is 31.0 Å². The zero-order valence-corrected chi connectivity index (χ0v) is 13.3. The average molecular weight is 305 g/mol. The number of carbonyl (C=O) groups is 1. The number of para-hydroxylation sites is 1. The molecule has 0 radical (unpaired) electrons. The Morgan fingerprint density at radius 1 is 1.38 bits per heavy atom. The van der Waals surface area contributed by atoms with E-state index in [0.29, 0.717) is 0 Å². The van der Waals surface area contributed by atoms with Crippen molar-refractivity contribution in [3.63, 3.8) is 0 Å². The van der Waals surface area contributed by atoms with Gasteiger partial charge in [0.1, 0.15) is 5.75 Å². The molecule has 2 rings (SSSR count). The summed E-state index contributed by atoms with van der Waals surface area (Å²) in [5.41, 5.74) is 0.912. The molecule has 0 spiro atoms. The van der Waals surface area contributed by atoms with Crippen LogP contribution in [0, 0.1) is 0 Å². The van der Waals surface area contributed by atoms with Gasteiger partial charge in [0.05, 0.1) is 7.11 Å². The number of methoxy groups -OCH3 is 1. The van der Waals surface area contributed by atoms with Crippen molar-refractivity contribution in [2.75, 3.05) is 19.4 Å². The number of hydrogen-bond donors (Lipinski definition) is 1. The van der Waals surface area contributed by atoms with Gasteiger partial charge >= 0.3 is 0 Å². The van der Waals surface area contributed by atoms with Crippen molar-refractivity contribution in [1.82, 2.24) is 5.32 Å². The highest BCUT2D eigenvalue weighted by molar-refractivity contribution is 7.99. The third kappa shape index (κ3) is 5.46. The fraction of sp³-hybridized carbons (Fsp3) is 0.471. The first-order valence-electron chi connectivity index (χ1n) is 7.50. The first-order chi connectivity index (χ1) is 10.3. The lowest BCUT2D eigenvalue weighted by Crippen LogP contribution is -2.24. The van der Waals surface area contributed by atoms with E-state index in [2.05, 4.69) is 5.32 Å². The molecule has 1 aliphatic rings. The van der Waals surface area contributed by atoms with E-state index in [9.17, 15) is 4.79 Å². The van der Waals surface area contributed by atoms with Crippen LogP contribution in [0.4, 0.5) is 0 Å². The Hall–Kier alpha value is -1.42. The molecule has 1 N–H and O–H groups in total. The summed E-state index contributed by atoms with van der Waals surface area (Å²) in [5, 5.41) is 3.74. The normalized spacial score (nSPS) is 15.5. The molecule has 3 nitrogen and oxygen atoms in total. The number of nitrogens with one attached hydrogen (secondary N) is 1. The van der Waals surface area contributed by atoms with E-state index in [0.717, 1.165) is 28.9 Å². The van der Waals surface area contributed by atoms with E-state index in [1.165, 1.54) is 25.7 Å². The van der Waals surface area contributed by atoms with E-state index in [1.54, 1.807) is 19.3 Å². The Morgan fingerprint density at radius 2 is 2.14 bits per heavy atom. The number of carbonyl (C=O) groups excluding carboxylic acids is 1. The molecule has 0 saturated heterocycles. The lowest BCUT2D eigenvalue weighted by atomic mass is 10.2. The molecule has 0 aromatic heterocycles. The second-order valence-electron chi connectivity index (χ2n) is 5.14. The summed E-state index contributed by atoms with van der Waals surface area (Å²) < 4.78 is 5.25. The summed E-state index contributed by atoms with van der Waals surface area (Å²) in [4.78, 5) is 11.8. The Bertz CT molecular complexity index is 481. The summed E-state index contributed by atoms with van der Waals surface area (Å²) >= 11 is 1.99. The van der Waals surface area contributed by atoms with Crippen molar-refractivity contribution >= 4 is 23.7 Å². The standard InChI is InChI=1S/C17H23NO2S/c1-20-16-9-5-2-6-14(16)10-11-17(19)18-12-13-21-15-7-3-4-8-15/h2,5-6,9-11,15H,3-4,7-8,12-13H2,1H3,(H,18,19)/b11-10+. The molecule has 0 bridgehead atoms. The van der Waals surface area contributed by atoms with Gasteiger partial charge < -0.3 is 10.1 Å². The smallest absolute Gasteiger partial charge is 0.244 e. The second-order valence-corrected chi connectivity index (χ2v) is 6.55. The van der Waals surface area contributed by atoms with E-state index >= 15 is 0 Å². The van der Waals surface area contributed by atoms with E-state index in [-0.39, 0.29) is 5.91 Å². The highest BCUT2D eigenvalue weighted by Crippen LogP contribution is 2.28. The number of benzene rings is 1. The molecule has 0 aliphatic heterocycles. The molecule has 4 heteroatoms. The quantitative estimate of drug-likeness (QED) is 0.619. The van der Waals surface area contributed by atoms with Gasteiger partial charge in [0.25, 0.3) is 0 Å². The Balaban J connectivity index is 1.69. The van der Waals surface area contributed by atoms with Crippen molar-refractivity contribution in [3.05, 3.63) is 35.9 Å². The van der Waals surface area contributed by atoms with E-state index in [1.807, 2.05) is 36.0 Å². The lowest BCUT2D eigenvalue weighted by Gasteiger charge is -2.08. The summed E-state index contributed by atoms with van der Waals surface area (Å²) in [5.74, 6) is 1.73. The van der Waals surface area contributed by atoms with Crippen molar-refractivity contribution in [3.8, 4) is 5.75 Å². The summed E-state index contributed by atoms with van der Waals surface area (Å²) in [6.07, 6.45) is 8.77. The molecule has 1 saturated carbocycles. The topological polar surface area (TPSA) is 38.3 Å². The van der Waals surface area contributed by atoms with Gasteiger partial charge in [0, 0.05) is 29.2 Å². The molecular formula is C17H23NO2S. The molecule has 114 valence electrons. The number of amides is 1. The fourth-order valence-corrected chi connectivity index (χ4v) is 3.70. The number of ether oxygens (including phenoxy) is 1. The van der Waals surface area contributed by atoms with Gasteiger partial charge in [-0.05, 0) is 25.0 Å². The Morgan fingerprint density at radius 3 is 2.90 bits per heavy atom. The summed E-state index contributed by atoms with van der Waals surface area (Å²) in [7, 11) is 1.63. The molecule has 0 atom stereocenters. The maximum absolute atomic E-state index is 11.8. The highest BCUT2D eigenvalue weighted by Gasteiger charge is 2.14. The van der Waals surface area contributed by atoms with Gasteiger partial charge in [-0.2, -0.15) is 11.8 Å². The molecule has 0 heterocycles. The zero-order chi connectivity index (χ0) is 14.9. The SMILES string of the molecule is COc1ccccc1/C=C/C(=O)NCCSC1CCCC1. The average Bonchev–Trinajstić information content (AvgIpc) is 3.03. The maximum Gasteiger partial charge on any atom is 0.244 e. The second kappa shape index (κ2) is 8.78. The van der Waals surface area contributed by atoms with Crippen molar-refractivity contribution in [2.45, 2.75) is 30.9 Å². The third-order valence-corrected chi connectivity index (χ3v) is 4.99. The van der Waals surface area contributed by atoms with Crippen LogP contribution in [0.15, 0.2) is 30.3 Å². The molecule has 1 aromatic rings. The van der Waals surface area contributed by atoms with Gasteiger partial charge in [0.15, 0.2) is 0 Å². The van der Waals surface area contributed by atoms with Crippen molar-refractivity contribution < 1.29 is 9.53 Å². The maximum atomic E-state index is 11.8. The number of rotatable bonds is 7. The van der Waals surface area contributed by atoms with Gasteiger partial charge in [-0.3, -0.25) is 4.79 Å². The molecular weight excluding hydrogens is 282 g/mol. The predicted octanol–water partition coefficient (Wildman–Crippen LogP) is 3.50. The van der Waals surface area contributed by atoms with Crippen LogP contribution in [0.25, 0.3) is 6.08 Å². The Labute approximate surface area is 131 Å². The van der Waals surface area contributed by atoms with Gasteiger partial charge in [-0.15, -0.1) is 0 Å². The minimum atomic E-state index is -0.0482. The van der Waals surface area contributed by atoms with Gasteiger partial charge in [0.2, 0.25) is 5.91 Å². The van der Waals surface area contributed by atoms with Crippen LogP contribution in [-0.4, -0.2) is 30.6 Å².